The molecule has 1 heterocycles. The van der Waals surface area contributed by atoms with Crippen LogP contribution >= 0.6 is 0 Å². The van der Waals surface area contributed by atoms with Crippen molar-refractivity contribution in [2.24, 2.45) is 0 Å². The Hall–Kier alpha value is -1.65. The highest BCUT2D eigenvalue weighted by Crippen LogP contribution is 2.25. The normalized spacial score (nSPS) is 25.6. The van der Waals surface area contributed by atoms with Crippen LogP contribution in [0.1, 0.15) is 5.56 Å². The van der Waals surface area contributed by atoms with E-state index in [-0.39, 0.29) is 22.8 Å². The molecule has 1 aromatic rings. The minimum atomic E-state index is -3.35. The Labute approximate surface area is 103 Å². The van der Waals surface area contributed by atoms with E-state index in [2.05, 4.69) is 0 Å². The van der Waals surface area contributed by atoms with Gasteiger partial charge in [0.15, 0.2) is 9.84 Å². The Balaban J connectivity index is 2.26. The minimum absolute atomic E-state index is 0.0568. The summed E-state index contributed by atoms with van der Waals surface area (Å²) >= 11 is 0. The van der Waals surface area contributed by atoms with Crippen LogP contribution in [-0.4, -0.2) is 37.2 Å². The van der Waals surface area contributed by atoms with E-state index in [0.29, 0.717) is 0 Å². The van der Waals surface area contributed by atoms with Crippen LogP contribution in [0.2, 0.25) is 0 Å². The van der Waals surface area contributed by atoms with Crippen LogP contribution in [0.5, 0.6) is 5.75 Å². The second-order valence-electron chi connectivity index (χ2n) is 4.03. The van der Waals surface area contributed by atoms with Gasteiger partial charge in [0.2, 0.25) is 0 Å². The Morgan fingerprint density at radius 1 is 1.44 bits per heavy atom. The van der Waals surface area contributed by atoms with Gasteiger partial charge in [-0.1, -0.05) is 6.07 Å². The number of ether oxygens (including phenoxy) is 1. The maximum atomic E-state index is 13.3. The largest absolute Gasteiger partial charge is 0.485 e. The first-order valence-corrected chi connectivity index (χ1v) is 6.99. The maximum Gasteiger partial charge on any atom is 0.156 e. The number of sulfone groups is 1. The fraction of sp³-hybridized carbons (Fsp3) is 0.364. The van der Waals surface area contributed by atoms with Crippen molar-refractivity contribution in [1.29, 1.82) is 5.26 Å². The Kier molecular flexibility index (Phi) is 3.24. The average molecular weight is 271 g/mol. The molecule has 7 heteroatoms. The van der Waals surface area contributed by atoms with Crippen molar-refractivity contribution >= 4 is 9.84 Å². The summed E-state index contributed by atoms with van der Waals surface area (Å²) in [6, 6.07) is 5.46. The number of aliphatic hydroxyl groups excluding tert-OH is 1. The van der Waals surface area contributed by atoms with Crippen LogP contribution in [-0.2, 0) is 9.84 Å². The fourth-order valence-electron chi connectivity index (χ4n) is 1.78. The lowest BCUT2D eigenvalue weighted by atomic mass is 10.2. The van der Waals surface area contributed by atoms with Gasteiger partial charge in [-0.3, -0.25) is 0 Å². The van der Waals surface area contributed by atoms with E-state index in [9.17, 15) is 17.9 Å². The smallest absolute Gasteiger partial charge is 0.156 e. The molecule has 1 fully saturated rings. The highest BCUT2D eigenvalue weighted by atomic mass is 32.2. The third-order valence-electron chi connectivity index (χ3n) is 2.64. The Morgan fingerprint density at radius 2 is 2.17 bits per heavy atom. The third-order valence-corrected chi connectivity index (χ3v) is 4.32. The number of nitrogens with zero attached hydrogens (tertiary/aromatic N) is 1. The Bertz CT molecular complexity index is 608. The molecule has 18 heavy (non-hydrogen) atoms. The van der Waals surface area contributed by atoms with Gasteiger partial charge in [0.1, 0.15) is 35.4 Å². The molecule has 1 saturated heterocycles. The van der Waals surface area contributed by atoms with Crippen molar-refractivity contribution in [1.82, 2.24) is 0 Å². The van der Waals surface area contributed by atoms with Crippen molar-refractivity contribution in [3.8, 4) is 11.8 Å². The average Bonchev–Trinajstić information content (AvgIpc) is 2.52. The van der Waals surface area contributed by atoms with E-state index in [1.165, 1.54) is 12.1 Å². The summed E-state index contributed by atoms with van der Waals surface area (Å²) in [5, 5.41) is 18.3. The van der Waals surface area contributed by atoms with Crippen LogP contribution in [0.3, 0.4) is 0 Å². The molecule has 2 unspecified atom stereocenters. The number of nitriles is 1. The first-order chi connectivity index (χ1) is 8.43. The highest BCUT2D eigenvalue weighted by Gasteiger charge is 2.38. The lowest BCUT2D eigenvalue weighted by Gasteiger charge is -2.16. The molecule has 0 radical (unpaired) electrons. The van der Waals surface area contributed by atoms with Gasteiger partial charge in [-0.25, -0.2) is 12.8 Å². The van der Waals surface area contributed by atoms with Gasteiger partial charge >= 0.3 is 0 Å². The number of rotatable bonds is 2. The second-order valence-corrected chi connectivity index (χ2v) is 6.18. The molecule has 96 valence electrons. The molecule has 1 aliphatic rings. The second kappa shape index (κ2) is 4.55. The maximum absolute atomic E-state index is 13.3. The molecule has 0 amide bonds. The topological polar surface area (TPSA) is 87.4 Å². The zero-order chi connectivity index (χ0) is 13.3. The summed E-state index contributed by atoms with van der Waals surface area (Å²) < 4.78 is 41.1. The van der Waals surface area contributed by atoms with Gasteiger partial charge < -0.3 is 9.84 Å². The molecule has 0 aromatic heterocycles. The fourth-order valence-corrected chi connectivity index (χ4v) is 3.45. The summed E-state index contributed by atoms with van der Waals surface area (Å²) in [4.78, 5) is 0. The van der Waals surface area contributed by atoms with Crippen LogP contribution in [0, 0.1) is 17.1 Å². The van der Waals surface area contributed by atoms with Crippen molar-refractivity contribution in [2.45, 2.75) is 12.2 Å². The number of benzene rings is 1. The molecule has 0 spiro atoms. The van der Waals surface area contributed by atoms with E-state index in [0.717, 1.165) is 6.07 Å². The summed E-state index contributed by atoms with van der Waals surface area (Å²) in [5.74, 6) is -1.52. The molecule has 0 aliphatic carbocycles. The zero-order valence-electron chi connectivity index (χ0n) is 9.21. The first kappa shape index (κ1) is 12.8. The minimum Gasteiger partial charge on any atom is -0.485 e. The van der Waals surface area contributed by atoms with Gasteiger partial charge in [-0.2, -0.15) is 5.26 Å². The van der Waals surface area contributed by atoms with Crippen molar-refractivity contribution < 1.29 is 22.7 Å². The van der Waals surface area contributed by atoms with E-state index < -0.39 is 27.9 Å². The molecule has 2 rings (SSSR count). The molecule has 5 nitrogen and oxygen atoms in total. The number of hydrogen-bond donors (Lipinski definition) is 1. The van der Waals surface area contributed by atoms with Gasteiger partial charge in [-0.15, -0.1) is 0 Å². The summed E-state index contributed by atoms with van der Waals surface area (Å²) in [7, 11) is -3.35. The first-order valence-electron chi connectivity index (χ1n) is 5.17. The van der Waals surface area contributed by atoms with Gasteiger partial charge in [0.05, 0.1) is 11.5 Å². The van der Waals surface area contributed by atoms with Gasteiger partial charge in [0, 0.05) is 0 Å². The van der Waals surface area contributed by atoms with E-state index in [1.54, 1.807) is 6.07 Å². The van der Waals surface area contributed by atoms with Crippen LogP contribution in [0.15, 0.2) is 18.2 Å². The van der Waals surface area contributed by atoms with Crippen molar-refractivity contribution in [3.05, 3.63) is 29.6 Å². The molecular weight excluding hydrogens is 261 g/mol. The molecular formula is C11H10FNO4S. The SMILES string of the molecule is N#Cc1c(F)cccc1OC1CS(=O)(=O)CC1O. The third kappa shape index (κ3) is 2.44. The molecule has 1 aliphatic heterocycles. The predicted octanol–water partition coefficient (Wildman–Crippen LogP) is 0.234. The van der Waals surface area contributed by atoms with Crippen LogP contribution in [0.25, 0.3) is 0 Å². The zero-order valence-corrected chi connectivity index (χ0v) is 10.0. The monoisotopic (exact) mass is 271 g/mol. The van der Waals surface area contributed by atoms with E-state index in [1.807, 2.05) is 0 Å². The predicted molar refractivity (Wildman–Crippen MR) is 60.2 cm³/mol. The highest BCUT2D eigenvalue weighted by molar-refractivity contribution is 7.91. The van der Waals surface area contributed by atoms with Crippen molar-refractivity contribution in [3.63, 3.8) is 0 Å². The molecule has 0 saturated carbocycles. The summed E-state index contributed by atoms with van der Waals surface area (Å²) in [6.07, 6.45) is -2.13. The number of hydrogen-bond acceptors (Lipinski definition) is 5. The lowest BCUT2D eigenvalue weighted by molar-refractivity contribution is 0.0733. The summed E-state index contributed by atoms with van der Waals surface area (Å²) in [5.41, 5.74) is -0.297. The quantitative estimate of drug-likeness (QED) is 0.832. The van der Waals surface area contributed by atoms with Gasteiger partial charge in [0.25, 0.3) is 0 Å². The van der Waals surface area contributed by atoms with Crippen LogP contribution < -0.4 is 4.74 Å². The van der Waals surface area contributed by atoms with E-state index in [4.69, 9.17) is 10.00 Å². The van der Waals surface area contributed by atoms with Crippen molar-refractivity contribution in [2.75, 3.05) is 11.5 Å². The molecule has 0 bridgehead atoms. The molecule has 2 atom stereocenters. The number of halogens is 1. The van der Waals surface area contributed by atoms with Gasteiger partial charge in [-0.05, 0) is 12.1 Å². The molecule has 1 aromatic carbocycles. The Morgan fingerprint density at radius 3 is 2.72 bits per heavy atom. The van der Waals surface area contributed by atoms with E-state index >= 15 is 0 Å². The van der Waals surface area contributed by atoms with Crippen LogP contribution in [0.4, 0.5) is 4.39 Å². The summed E-state index contributed by atoms with van der Waals surface area (Å²) in [6.45, 7) is 0. The lowest BCUT2D eigenvalue weighted by Crippen LogP contribution is -2.30. The molecule has 1 N–H and O–H groups in total. The standard InChI is InChI=1S/C11H10FNO4S/c12-8-2-1-3-10(7(8)4-13)17-11-6-18(15,16)5-9(11)14/h1-3,9,11,14H,5-6H2. The number of aliphatic hydroxyl groups is 1.